The van der Waals surface area contributed by atoms with Crippen molar-refractivity contribution in [2.24, 2.45) is 0 Å². The number of carbonyl (C=O) groups is 2. The molecule has 2 N–H and O–H groups in total. The van der Waals surface area contributed by atoms with E-state index in [2.05, 4.69) is 35.9 Å². The van der Waals surface area contributed by atoms with E-state index in [1.165, 1.54) is 11.8 Å². The third-order valence-corrected chi connectivity index (χ3v) is 5.00. The van der Waals surface area contributed by atoms with E-state index >= 15 is 0 Å². The van der Waals surface area contributed by atoms with E-state index < -0.39 is 5.97 Å². The van der Waals surface area contributed by atoms with Crippen molar-refractivity contribution in [1.82, 2.24) is 9.88 Å². The van der Waals surface area contributed by atoms with Crippen LogP contribution in [0.25, 0.3) is 11.0 Å². The van der Waals surface area contributed by atoms with Crippen LogP contribution in [0.15, 0.2) is 45.9 Å². The molecule has 1 amide bonds. The Morgan fingerprint density at radius 1 is 1.33 bits per heavy atom. The number of aryl methyl sites for hydroxylation is 2. The van der Waals surface area contributed by atoms with E-state index in [-0.39, 0.29) is 11.8 Å². The van der Waals surface area contributed by atoms with Gasteiger partial charge in [0.1, 0.15) is 17.1 Å². The number of carboxylic acid groups (broad SMARTS) is 1. The number of hydrogen-bond donors (Lipinski definition) is 2. The normalized spacial score (nSPS) is 15.3. The largest absolute Gasteiger partial charge is 0.478 e. The van der Waals surface area contributed by atoms with Crippen LogP contribution in [-0.2, 0) is 17.6 Å². The summed E-state index contributed by atoms with van der Waals surface area (Å²) in [6.45, 7) is 4.72. The molecule has 0 aliphatic heterocycles. The summed E-state index contributed by atoms with van der Waals surface area (Å²) in [4.78, 5) is 27.7. The topological polar surface area (TPSA) is 109 Å². The maximum atomic E-state index is 12.2. The molecule has 8 heteroatoms. The highest BCUT2D eigenvalue weighted by Crippen LogP contribution is 2.34. The maximum Gasteiger partial charge on any atom is 0.327 e. The average Bonchev–Trinajstić information content (AvgIpc) is 3.31. The predicted molar refractivity (Wildman–Crippen MR) is 113 cm³/mol. The molecule has 0 bridgehead atoms. The molecule has 0 saturated heterocycles. The molecule has 2 aromatic heterocycles. The van der Waals surface area contributed by atoms with E-state index in [1.54, 1.807) is 6.92 Å². The molecule has 0 radical (unpaired) electrons. The second-order valence-electron chi connectivity index (χ2n) is 7.35. The van der Waals surface area contributed by atoms with Gasteiger partial charge in [-0.2, -0.15) is 0 Å². The first kappa shape index (κ1) is 21.3. The maximum absolute atomic E-state index is 12.2. The van der Waals surface area contributed by atoms with Crippen molar-refractivity contribution in [3.63, 3.8) is 0 Å². The number of benzene rings is 1. The van der Waals surface area contributed by atoms with Gasteiger partial charge in [-0.1, -0.05) is 6.58 Å². The van der Waals surface area contributed by atoms with E-state index in [0.29, 0.717) is 17.5 Å². The zero-order chi connectivity index (χ0) is 21.8. The molecule has 1 aliphatic carbocycles. The fraction of sp³-hybridized carbons (Fsp3) is 0.318. The van der Waals surface area contributed by atoms with Crippen LogP contribution in [0.5, 0.6) is 0 Å². The zero-order valence-corrected chi connectivity index (χ0v) is 17.3. The van der Waals surface area contributed by atoms with Crippen LogP contribution in [0.4, 0.5) is 5.69 Å². The lowest BCUT2D eigenvalue weighted by Gasteiger charge is -2.27. The molecule has 0 fully saturated rings. The van der Waals surface area contributed by atoms with Crippen molar-refractivity contribution in [3.8, 4) is 0 Å². The Morgan fingerprint density at radius 2 is 2.07 bits per heavy atom. The lowest BCUT2D eigenvalue weighted by Crippen LogP contribution is -2.33. The number of rotatable bonds is 4. The van der Waals surface area contributed by atoms with Crippen LogP contribution in [0.1, 0.15) is 34.2 Å². The van der Waals surface area contributed by atoms with Crippen LogP contribution in [-0.4, -0.2) is 47.0 Å². The minimum absolute atomic E-state index is 0.0690. The molecule has 1 unspecified atom stereocenters. The van der Waals surface area contributed by atoms with E-state index in [1.807, 2.05) is 18.2 Å². The molecule has 3 aromatic rings. The summed E-state index contributed by atoms with van der Waals surface area (Å²) >= 11 is 0. The Bertz CT molecular complexity index is 1080. The minimum Gasteiger partial charge on any atom is -0.478 e. The number of carboxylic acids is 1. The smallest absolute Gasteiger partial charge is 0.327 e. The SMILES string of the molecule is C=CC(=O)O.Cc1cnc(C(=O)Nc2ccc3oc4c(c3c2)CC(N(C)C)CC4)o1. The number of hydrogen-bond acceptors (Lipinski definition) is 6. The lowest BCUT2D eigenvalue weighted by molar-refractivity contribution is -0.131. The van der Waals surface area contributed by atoms with Gasteiger partial charge in [-0.15, -0.1) is 0 Å². The van der Waals surface area contributed by atoms with Crippen LogP contribution in [0.2, 0.25) is 0 Å². The van der Waals surface area contributed by atoms with Gasteiger partial charge >= 0.3 is 11.9 Å². The molecule has 4 rings (SSSR count). The van der Waals surface area contributed by atoms with Crippen molar-refractivity contribution in [1.29, 1.82) is 0 Å². The Hall–Kier alpha value is -3.39. The average molecular weight is 411 g/mol. The number of carbonyl (C=O) groups excluding carboxylic acids is 1. The van der Waals surface area contributed by atoms with Gasteiger partial charge in [0.05, 0.1) is 6.20 Å². The number of fused-ring (bicyclic) bond motifs is 3. The van der Waals surface area contributed by atoms with Crippen molar-refractivity contribution < 1.29 is 23.5 Å². The first-order chi connectivity index (χ1) is 14.3. The quantitative estimate of drug-likeness (QED) is 0.631. The van der Waals surface area contributed by atoms with Gasteiger partial charge in [0.25, 0.3) is 5.89 Å². The highest BCUT2D eigenvalue weighted by atomic mass is 16.4. The monoisotopic (exact) mass is 411 g/mol. The van der Waals surface area contributed by atoms with E-state index in [9.17, 15) is 9.59 Å². The number of nitrogens with zero attached hydrogens (tertiary/aromatic N) is 2. The number of furan rings is 1. The van der Waals surface area contributed by atoms with Crippen LogP contribution >= 0.6 is 0 Å². The Labute approximate surface area is 174 Å². The summed E-state index contributed by atoms with van der Waals surface area (Å²) in [6.07, 6.45) is 5.38. The molecule has 0 spiro atoms. The number of amides is 1. The van der Waals surface area contributed by atoms with Gasteiger partial charge in [-0.3, -0.25) is 4.79 Å². The van der Waals surface area contributed by atoms with Gasteiger partial charge in [0, 0.05) is 35.2 Å². The molecular weight excluding hydrogens is 386 g/mol. The second kappa shape index (κ2) is 8.96. The molecule has 1 aliphatic rings. The number of aromatic nitrogens is 1. The van der Waals surface area contributed by atoms with Crippen molar-refractivity contribution in [2.45, 2.75) is 32.2 Å². The summed E-state index contributed by atoms with van der Waals surface area (Å²) in [7, 11) is 4.23. The highest BCUT2D eigenvalue weighted by Gasteiger charge is 2.25. The van der Waals surface area contributed by atoms with Gasteiger partial charge in [-0.25, -0.2) is 9.78 Å². The van der Waals surface area contributed by atoms with Crippen molar-refractivity contribution in [2.75, 3.05) is 19.4 Å². The molecule has 158 valence electrons. The number of nitrogens with one attached hydrogen (secondary N) is 1. The summed E-state index contributed by atoms with van der Waals surface area (Å²) in [5, 5.41) is 11.5. The highest BCUT2D eigenvalue weighted by molar-refractivity contribution is 6.02. The first-order valence-electron chi connectivity index (χ1n) is 9.58. The molecule has 30 heavy (non-hydrogen) atoms. The van der Waals surface area contributed by atoms with Crippen molar-refractivity contribution in [3.05, 3.63) is 60.0 Å². The Morgan fingerprint density at radius 3 is 2.67 bits per heavy atom. The van der Waals surface area contributed by atoms with Gasteiger partial charge in [-0.05, 0) is 52.1 Å². The Kier molecular flexibility index (Phi) is 6.37. The zero-order valence-electron chi connectivity index (χ0n) is 17.3. The fourth-order valence-electron chi connectivity index (χ4n) is 3.42. The number of oxazole rings is 1. The third kappa shape index (κ3) is 4.77. The minimum atomic E-state index is -0.981. The molecular formula is C22H25N3O5. The number of anilines is 1. The van der Waals surface area contributed by atoms with Crippen LogP contribution < -0.4 is 5.32 Å². The van der Waals surface area contributed by atoms with E-state index in [4.69, 9.17) is 13.9 Å². The van der Waals surface area contributed by atoms with E-state index in [0.717, 1.165) is 42.1 Å². The molecule has 1 aromatic carbocycles. The number of aliphatic carboxylic acids is 1. The number of likely N-dealkylation sites (N-methyl/N-ethyl adjacent to an activating group) is 1. The summed E-state index contributed by atoms with van der Waals surface area (Å²) < 4.78 is 11.3. The molecule has 2 heterocycles. The second-order valence-corrected chi connectivity index (χ2v) is 7.35. The first-order valence-corrected chi connectivity index (χ1v) is 9.58. The fourth-order valence-corrected chi connectivity index (χ4v) is 3.42. The Balaban J connectivity index is 0.000000461. The van der Waals surface area contributed by atoms with Crippen molar-refractivity contribution >= 4 is 28.5 Å². The van der Waals surface area contributed by atoms with Gasteiger partial charge < -0.3 is 24.2 Å². The molecule has 8 nitrogen and oxygen atoms in total. The summed E-state index contributed by atoms with van der Waals surface area (Å²) in [5.41, 5.74) is 2.83. The van der Waals surface area contributed by atoms with Crippen LogP contribution in [0, 0.1) is 6.92 Å². The lowest BCUT2D eigenvalue weighted by atomic mass is 9.91. The van der Waals surface area contributed by atoms with Crippen LogP contribution in [0.3, 0.4) is 0 Å². The molecule has 1 atom stereocenters. The predicted octanol–water partition coefficient (Wildman–Crippen LogP) is 3.66. The standard InChI is InChI=1S/C19H21N3O3.C3H4O2/c1-11-10-20-19(24-11)18(23)21-12-4-6-16-14(8-12)15-9-13(22(2)3)5-7-17(15)25-16;1-2-3(4)5/h4,6,8,10,13H,5,7,9H2,1-3H3,(H,21,23);2H,1H2,(H,4,5). The van der Waals surface area contributed by atoms with Gasteiger partial charge in [0.2, 0.25) is 0 Å². The molecule has 0 saturated carbocycles. The van der Waals surface area contributed by atoms with Gasteiger partial charge in [0.15, 0.2) is 0 Å². The summed E-state index contributed by atoms with van der Waals surface area (Å²) in [5.74, 6) is 0.416. The summed E-state index contributed by atoms with van der Waals surface area (Å²) in [6, 6.07) is 6.24. The third-order valence-electron chi connectivity index (χ3n) is 5.00.